The Morgan fingerprint density at radius 1 is 0.676 bits per heavy atom. The van der Waals surface area contributed by atoms with E-state index in [9.17, 15) is 9.67 Å². The van der Waals surface area contributed by atoms with Crippen molar-refractivity contribution in [2.45, 2.75) is 52.6 Å². The summed E-state index contributed by atoms with van der Waals surface area (Å²) in [6, 6.07) is 23.2. The van der Waals surface area contributed by atoms with Gasteiger partial charge in [-0.2, -0.15) is 0 Å². The van der Waals surface area contributed by atoms with E-state index in [2.05, 4.69) is 10.2 Å². The highest BCUT2D eigenvalue weighted by molar-refractivity contribution is 7.55. The maximum absolute atomic E-state index is 14.2. The minimum atomic E-state index is -3.57. The molecule has 0 bridgehead atoms. The number of hydrogen-bond acceptors (Lipinski definition) is 3. The molecule has 4 aromatic rings. The molecule has 0 fully saturated rings. The van der Waals surface area contributed by atoms with Gasteiger partial charge in [0.2, 0.25) is 0 Å². The zero-order valence-electron chi connectivity index (χ0n) is 20.6. The summed E-state index contributed by atoms with van der Waals surface area (Å²) in [5, 5.41) is 21.2. The summed E-state index contributed by atoms with van der Waals surface area (Å²) in [5.41, 5.74) is 0.431. The first kappa shape index (κ1) is 24.3. The molecule has 0 amide bonds. The first-order valence-electron chi connectivity index (χ1n) is 11.5. The van der Waals surface area contributed by atoms with Crippen molar-refractivity contribution in [2.24, 2.45) is 0 Å². The van der Waals surface area contributed by atoms with E-state index in [1.165, 1.54) is 0 Å². The molecule has 0 spiro atoms. The van der Waals surface area contributed by atoms with Crippen molar-refractivity contribution >= 4 is 29.2 Å². The van der Waals surface area contributed by atoms with Gasteiger partial charge in [0.1, 0.15) is 11.5 Å². The second-order valence-electron chi connectivity index (χ2n) is 10.7. The molecule has 34 heavy (non-hydrogen) atoms. The SMILES string of the molecule is CC(C)(C)NP(=O)(NC(C)(C)C)Oc1ccc2ccccc2c1-c1c(O)ccc2ccccc12. The molecular weight excluding hydrogens is 443 g/mol. The monoisotopic (exact) mass is 476 g/mol. The molecule has 0 radical (unpaired) electrons. The van der Waals surface area contributed by atoms with Crippen molar-refractivity contribution < 1.29 is 14.2 Å². The molecule has 178 valence electrons. The summed E-state index contributed by atoms with van der Waals surface area (Å²) in [6.07, 6.45) is 0. The molecule has 0 saturated carbocycles. The van der Waals surface area contributed by atoms with Crippen LogP contribution in [-0.4, -0.2) is 16.2 Å². The third kappa shape index (κ3) is 5.28. The van der Waals surface area contributed by atoms with Crippen LogP contribution in [0.2, 0.25) is 0 Å². The van der Waals surface area contributed by atoms with E-state index in [1.807, 2.05) is 108 Å². The molecule has 0 aliphatic carbocycles. The number of aromatic hydroxyl groups is 1. The van der Waals surface area contributed by atoms with Gasteiger partial charge in [-0.1, -0.05) is 60.7 Å². The molecule has 3 N–H and O–H groups in total. The normalized spacial score (nSPS) is 12.9. The van der Waals surface area contributed by atoms with Crippen LogP contribution >= 0.6 is 7.67 Å². The van der Waals surface area contributed by atoms with Gasteiger partial charge in [0.15, 0.2) is 0 Å². The lowest BCUT2D eigenvalue weighted by Gasteiger charge is -2.34. The van der Waals surface area contributed by atoms with Gasteiger partial charge in [-0.3, -0.25) is 0 Å². The molecule has 4 rings (SSSR count). The summed E-state index contributed by atoms with van der Waals surface area (Å²) in [6.45, 7) is 11.7. The fourth-order valence-corrected chi connectivity index (χ4v) is 6.55. The molecule has 0 aliphatic rings. The Kier molecular flexibility index (Phi) is 6.24. The Morgan fingerprint density at radius 3 is 1.68 bits per heavy atom. The Morgan fingerprint density at radius 2 is 1.15 bits per heavy atom. The highest BCUT2D eigenvalue weighted by Gasteiger charge is 2.35. The fourth-order valence-electron chi connectivity index (χ4n) is 4.20. The van der Waals surface area contributed by atoms with E-state index in [4.69, 9.17) is 4.52 Å². The van der Waals surface area contributed by atoms with Gasteiger partial charge in [-0.05, 0) is 75.2 Å². The molecule has 0 atom stereocenters. The zero-order chi connectivity index (χ0) is 24.7. The van der Waals surface area contributed by atoms with E-state index in [1.54, 1.807) is 6.07 Å². The molecule has 4 aromatic carbocycles. The van der Waals surface area contributed by atoms with E-state index >= 15 is 0 Å². The van der Waals surface area contributed by atoms with Gasteiger partial charge in [-0.25, -0.2) is 14.7 Å². The van der Waals surface area contributed by atoms with Crippen LogP contribution in [0.5, 0.6) is 11.5 Å². The lowest BCUT2D eigenvalue weighted by atomic mass is 9.92. The molecule has 6 heteroatoms. The van der Waals surface area contributed by atoms with Gasteiger partial charge in [0.05, 0.1) is 0 Å². The second-order valence-corrected chi connectivity index (χ2v) is 12.4. The maximum Gasteiger partial charge on any atom is 0.391 e. The van der Waals surface area contributed by atoms with Crippen molar-refractivity contribution in [2.75, 3.05) is 0 Å². The standard InChI is InChI=1S/C28H33N2O3P/c1-27(2,3)29-34(32,30-28(4,5)6)33-24-18-16-20-12-8-10-14-22(20)26(24)25-21-13-9-7-11-19(21)15-17-23(25)31/h7-18,31H,1-6H3,(H2,29,30,32). The first-order chi connectivity index (χ1) is 15.9. The number of nitrogens with one attached hydrogen (secondary N) is 2. The first-order valence-corrected chi connectivity index (χ1v) is 13.1. The highest BCUT2D eigenvalue weighted by atomic mass is 31.2. The predicted octanol–water partition coefficient (Wildman–Crippen LogP) is 7.63. The van der Waals surface area contributed by atoms with Crippen molar-refractivity contribution in [3.05, 3.63) is 72.8 Å². The molecule has 0 aliphatic heterocycles. The van der Waals surface area contributed by atoms with Crippen LogP contribution in [0, 0.1) is 0 Å². The largest absolute Gasteiger partial charge is 0.507 e. The molecule has 0 saturated heterocycles. The lowest BCUT2D eigenvalue weighted by Crippen LogP contribution is -2.44. The van der Waals surface area contributed by atoms with Crippen LogP contribution in [0.25, 0.3) is 32.7 Å². The third-order valence-electron chi connectivity index (χ3n) is 5.24. The topological polar surface area (TPSA) is 70.6 Å². The molecule has 0 unspecified atom stereocenters. The average Bonchev–Trinajstić information content (AvgIpc) is 2.71. The highest BCUT2D eigenvalue weighted by Crippen LogP contribution is 2.50. The van der Waals surface area contributed by atoms with Crippen LogP contribution in [0.3, 0.4) is 0 Å². The summed E-state index contributed by atoms with van der Waals surface area (Å²) < 4.78 is 20.5. The fraction of sp³-hybridized carbons (Fsp3) is 0.286. The quantitative estimate of drug-likeness (QED) is 0.258. The van der Waals surface area contributed by atoms with E-state index in [0.29, 0.717) is 16.9 Å². The summed E-state index contributed by atoms with van der Waals surface area (Å²) in [7, 11) is -3.57. The lowest BCUT2D eigenvalue weighted by molar-refractivity contribution is 0.384. The van der Waals surface area contributed by atoms with Crippen LogP contribution < -0.4 is 14.7 Å². The summed E-state index contributed by atoms with van der Waals surface area (Å²) >= 11 is 0. The smallest absolute Gasteiger partial charge is 0.391 e. The van der Waals surface area contributed by atoms with Crippen molar-refractivity contribution in [1.82, 2.24) is 10.2 Å². The number of rotatable bonds is 5. The molecule has 0 heterocycles. The molecule has 5 nitrogen and oxygen atoms in total. The molecule has 0 aromatic heterocycles. The number of fused-ring (bicyclic) bond motifs is 2. The predicted molar refractivity (Wildman–Crippen MR) is 143 cm³/mol. The van der Waals surface area contributed by atoms with Crippen molar-refractivity contribution in [3.8, 4) is 22.6 Å². The Labute approximate surface area is 201 Å². The second kappa shape index (κ2) is 8.74. The third-order valence-corrected chi connectivity index (χ3v) is 7.62. The molecular formula is C28H33N2O3P. The van der Waals surface area contributed by atoms with E-state index < -0.39 is 18.7 Å². The van der Waals surface area contributed by atoms with Crippen LogP contribution in [-0.2, 0) is 4.57 Å². The van der Waals surface area contributed by atoms with Gasteiger partial charge < -0.3 is 9.63 Å². The zero-order valence-corrected chi connectivity index (χ0v) is 21.5. The van der Waals surface area contributed by atoms with Crippen molar-refractivity contribution in [1.29, 1.82) is 0 Å². The minimum absolute atomic E-state index is 0.141. The van der Waals surface area contributed by atoms with Crippen LogP contribution in [0.1, 0.15) is 41.5 Å². The van der Waals surface area contributed by atoms with Crippen molar-refractivity contribution in [3.63, 3.8) is 0 Å². The van der Waals surface area contributed by atoms with Crippen LogP contribution in [0.15, 0.2) is 72.8 Å². The van der Waals surface area contributed by atoms with Gasteiger partial charge in [0.25, 0.3) is 0 Å². The Hall–Kier alpha value is -2.85. The number of phenols is 1. The van der Waals surface area contributed by atoms with Gasteiger partial charge in [-0.15, -0.1) is 0 Å². The Bertz CT molecular complexity index is 1380. The van der Waals surface area contributed by atoms with E-state index in [0.717, 1.165) is 21.5 Å². The summed E-state index contributed by atoms with van der Waals surface area (Å²) in [4.78, 5) is 0. The summed E-state index contributed by atoms with van der Waals surface area (Å²) in [5.74, 6) is 0.574. The maximum atomic E-state index is 14.2. The average molecular weight is 477 g/mol. The number of phenolic OH excluding ortho intramolecular Hbond substituents is 1. The minimum Gasteiger partial charge on any atom is -0.507 e. The van der Waals surface area contributed by atoms with E-state index in [-0.39, 0.29) is 5.75 Å². The van der Waals surface area contributed by atoms with Crippen LogP contribution in [0.4, 0.5) is 0 Å². The Balaban J connectivity index is 2.00. The van der Waals surface area contributed by atoms with Gasteiger partial charge >= 0.3 is 7.67 Å². The number of hydrogen-bond donors (Lipinski definition) is 3. The van der Waals surface area contributed by atoms with Gasteiger partial charge in [0, 0.05) is 22.2 Å². The number of benzene rings is 4.